The first kappa shape index (κ1) is 19.8. The van der Waals surface area contributed by atoms with Gasteiger partial charge in [0.2, 0.25) is 5.91 Å². The van der Waals surface area contributed by atoms with Crippen LogP contribution in [0.4, 0.5) is 5.69 Å². The lowest BCUT2D eigenvalue weighted by atomic mass is 9.86. The molecule has 0 saturated carbocycles. The van der Waals surface area contributed by atoms with Crippen molar-refractivity contribution in [1.82, 2.24) is 9.80 Å². The van der Waals surface area contributed by atoms with Crippen LogP contribution in [0.5, 0.6) is 0 Å². The zero-order chi connectivity index (χ0) is 20.3. The Labute approximate surface area is 170 Å². The lowest BCUT2D eigenvalue weighted by molar-refractivity contribution is -0.134. The molecule has 0 atom stereocenters. The Morgan fingerprint density at radius 2 is 1.93 bits per heavy atom. The molecule has 0 aromatic heterocycles. The second kappa shape index (κ2) is 8.51. The first-order chi connectivity index (χ1) is 14.0. The number of amides is 2. The van der Waals surface area contributed by atoms with Gasteiger partial charge < -0.3 is 19.8 Å². The molecule has 0 unspecified atom stereocenters. The fourth-order valence-electron chi connectivity index (χ4n) is 4.11. The second-order valence-corrected chi connectivity index (χ2v) is 8.04. The van der Waals surface area contributed by atoms with Crippen LogP contribution in [0, 0.1) is 0 Å². The van der Waals surface area contributed by atoms with E-state index < -0.39 is 5.60 Å². The number of anilines is 1. The third-order valence-corrected chi connectivity index (χ3v) is 5.92. The molecule has 29 heavy (non-hydrogen) atoms. The summed E-state index contributed by atoms with van der Waals surface area (Å²) < 4.78 is 5.39. The van der Waals surface area contributed by atoms with Crippen LogP contribution in [0.15, 0.2) is 29.4 Å². The maximum absolute atomic E-state index is 12.7. The monoisotopic (exact) mass is 400 g/mol. The van der Waals surface area contributed by atoms with Gasteiger partial charge in [0, 0.05) is 64.6 Å². The van der Waals surface area contributed by atoms with E-state index in [1.165, 1.54) is 0 Å². The molecule has 8 heteroatoms. The van der Waals surface area contributed by atoms with Gasteiger partial charge in [-0.3, -0.25) is 14.5 Å². The Morgan fingerprint density at radius 3 is 2.66 bits per heavy atom. The molecule has 0 bridgehead atoms. The van der Waals surface area contributed by atoms with Crippen LogP contribution in [0.25, 0.3) is 0 Å². The molecule has 3 aliphatic rings. The van der Waals surface area contributed by atoms with E-state index >= 15 is 0 Å². The number of carbonyl (C=O) groups excluding carboxylic acids is 2. The SMILES string of the molecule is CC(=O)N1CCC2(CC1)CC(C(=O)Nc1cccc(CN3CCOCC3)c1)=NO2. The topological polar surface area (TPSA) is 83.5 Å². The summed E-state index contributed by atoms with van der Waals surface area (Å²) in [5.74, 6) is -0.145. The summed E-state index contributed by atoms with van der Waals surface area (Å²) in [4.78, 5) is 34.0. The third kappa shape index (κ3) is 4.76. The van der Waals surface area contributed by atoms with E-state index in [2.05, 4.69) is 21.4 Å². The van der Waals surface area contributed by atoms with Crippen molar-refractivity contribution in [1.29, 1.82) is 0 Å². The zero-order valence-electron chi connectivity index (χ0n) is 16.9. The predicted octanol–water partition coefficient (Wildman–Crippen LogP) is 1.61. The highest BCUT2D eigenvalue weighted by Gasteiger charge is 2.44. The quantitative estimate of drug-likeness (QED) is 0.830. The van der Waals surface area contributed by atoms with Gasteiger partial charge in [0.25, 0.3) is 5.91 Å². The summed E-state index contributed by atoms with van der Waals surface area (Å²) in [6.07, 6.45) is 1.88. The summed E-state index contributed by atoms with van der Waals surface area (Å²) in [5.41, 5.74) is 1.88. The second-order valence-electron chi connectivity index (χ2n) is 8.04. The molecule has 3 heterocycles. The van der Waals surface area contributed by atoms with Crippen LogP contribution in [-0.2, 0) is 25.7 Å². The first-order valence-electron chi connectivity index (χ1n) is 10.2. The number of hydrogen-bond acceptors (Lipinski definition) is 6. The standard InChI is InChI=1S/C21H28N4O4/c1-16(26)25-7-5-21(6-8-25)14-19(23-29-21)20(27)22-18-4-2-3-17(13-18)15-24-9-11-28-12-10-24/h2-4,13H,5-12,14-15H2,1H3,(H,22,27). The van der Waals surface area contributed by atoms with E-state index in [0.29, 0.717) is 38.1 Å². The van der Waals surface area contributed by atoms with Crippen LogP contribution in [-0.4, -0.2) is 72.3 Å². The lowest BCUT2D eigenvalue weighted by Crippen LogP contribution is -2.46. The molecular formula is C21H28N4O4. The fraction of sp³-hybridized carbons (Fsp3) is 0.571. The molecular weight excluding hydrogens is 372 g/mol. The largest absolute Gasteiger partial charge is 0.388 e. The number of rotatable bonds is 4. The highest BCUT2D eigenvalue weighted by molar-refractivity contribution is 6.43. The van der Waals surface area contributed by atoms with Gasteiger partial charge in [-0.15, -0.1) is 0 Å². The van der Waals surface area contributed by atoms with Crippen LogP contribution in [0.2, 0.25) is 0 Å². The van der Waals surface area contributed by atoms with Crippen molar-refractivity contribution < 1.29 is 19.2 Å². The number of benzene rings is 1. The van der Waals surface area contributed by atoms with Gasteiger partial charge in [0.15, 0.2) is 0 Å². The number of nitrogens with zero attached hydrogens (tertiary/aromatic N) is 3. The van der Waals surface area contributed by atoms with Gasteiger partial charge in [-0.2, -0.15) is 0 Å². The Balaban J connectivity index is 1.32. The van der Waals surface area contributed by atoms with Crippen LogP contribution in [0.3, 0.4) is 0 Å². The number of carbonyl (C=O) groups is 2. The van der Waals surface area contributed by atoms with E-state index in [1.807, 2.05) is 23.1 Å². The number of oxime groups is 1. The van der Waals surface area contributed by atoms with Crippen molar-refractivity contribution in [3.05, 3.63) is 29.8 Å². The molecule has 2 saturated heterocycles. The molecule has 3 aliphatic heterocycles. The maximum atomic E-state index is 12.7. The number of piperidine rings is 1. The maximum Gasteiger partial charge on any atom is 0.273 e. The van der Waals surface area contributed by atoms with Crippen molar-refractivity contribution in [3.8, 4) is 0 Å². The number of morpholine rings is 1. The van der Waals surface area contributed by atoms with Crippen molar-refractivity contribution in [2.24, 2.45) is 5.16 Å². The van der Waals surface area contributed by atoms with Crippen LogP contribution >= 0.6 is 0 Å². The first-order valence-corrected chi connectivity index (χ1v) is 10.2. The summed E-state index contributed by atoms with van der Waals surface area (Å²) in [6, 6.07) is 7.92. The Bertz CT molecular complexity index is 796. The van der Waals surface area contributed by atoms with E-state index in [4.69, 9.17) is 9.57 Å². The molecule has 2 amide bonds. The number of likely N-dealkylation sites (tertiary alicyclic amines) is 1. The smallest absolute Gasteiger partial charge is 0.273 e. The fourth-order valence-corrected chi connectivity index (χ4v) is 4.11. The Morgan fingerprint density at radius 1 is 1.17 bits per heavy atom. The summed E-state index contributed by atoms with van der Waals surface area (Å²) in [5, 5.41) is 7.03. The van der Waals surface area contributed by atoms with Crippen molar-refractivity contribution in [2.75, 3.05) is 44.7 Å². The van der Waals surface area contributed by atoms with E-state index in [9.17, 15) is 9.59 Å². The minimum Gasteiger partial charge on any atom is -0.388 e. The Kier molecular flexibility index (Phi) is 5.82. The molecule has 1 N–H and O–H groups in total. The van der Waals surface area contributed by atoms with E-state index in [-0.39, 0.29) is 11.8 Å². The Hall–Kier alpha value is -2.45. The third-order valence-electron chi connectivity index (χ3n) is 5.92. The lowest BCUT2D eigenvalue weighted by Gasteiger charge is -2.36. The van der Waals surface area contributed by atoms with Gasteiger partial charge in [-0.25, -0.2) is 0 Å². The summed E-state index contributed by atoms with van der Waals surface area (Å²) >= 11 is 0. The van der Waals surface area contributed by atoms with Gasteiger partial charge in [-0.05, 0) is 17.7 Å². The summed E-state index contributed by atoms with van der Waals surface area (Å²) in [6.45, 7) is 7.09. The van der Waals surface area contributed by atoms with Crippen molar-refractivity contribution in [3.63, 3.8) is 0 Å². The van der Waals surface area contributed by atoms with Crippen molar-refractivity contribution in [2.45, 2.75) is 38.3 Å². The molecule has 0 radical (unpaired) electrons. The normalized spacial score (nSPS) is 21.6. The van der Waals surface area contributed by atoms with Crippen molar-refractivity contribution >= 4 is 23.2 Å². The number of nitrogens with one attached hydrogen (secondary N) is 1. The van der Waals surface area contributed by atoms with E-state index in [1.54, 1.807) is 6.92 Å². The van der Waals surface area contributed by atoms with Crippen LogP contribution in [0.1, 0.15) is 31.7 Å². The predicted molar refractivity (Wildman–Crippen MR) is 109 cm³/mol. The molecule has 8 nitrogen and oxygen atoms in total. The molecule has 1 aromatic carbocycles. The highest BCUT2D eigenvalue weighted by atomic mass is 16.7. The number of hydrogen-bond donors (Lipinski definition) is 1. The minimum atomic E-state index is -0.448. The van der Waals surface area contributed by atoms with E-state index in [0.717, 1.165) is 44.1 Å². The average molecular weight is 400 g/mol. The molecule has 0 aliphatic carbocycles. The number of ether oxygens (including phenoxy) is 1. The van der Waals surface area contributed by atoms with Gasteiger partial charge in [0.05, 0.1) is 13.2 Å². The molecule has 156 valence electrons. The van der Waals surface area contributed by atoms with Gasteiger partial charge >= 0.3 is 0 Å². The minimum absolute atomic E-state index is 0.0775. The van der Waals surface area contributed by atoms with Gasteiger partial charge in [0.1, 0.15) is 11.3 Å². The average Bonchev–Trinajstić information content (AvgIpc) is 3.13. The molecule has 1 aromatic rings. The van der Waals surface area contributed by atoms with Crippen LogP contribution < -0.4 is 5.32 Å². The molecule has 1 spiro atoms. The zero-order valence-corrected chi connectivity index (χ0v) is 16.9. The molecule has 2 fully saturated rings. The van der Waals surface area contributed by atoms with Gasteiger partial charge in [-0.1, -0.05) is 17.3 Å². The summed E-state index contributed by atoms with van der Waals surface area (Å²) in [7, 11) is 0. The molecule has 4 rings (SSSR count). The highest BCUT2D eigenvalue weighted by Crippen LogP contribution is 2.35.